The van der Waals surface area contributed by atoms with Crippen LogP contribution in [0.5, 0.6) is 11.5 Å². The van der Waals surface area contributed by atoms with Crippen molar-refractivity contribution in [2.45, 2.75) is 45.2 Å². The lowest BCUT2D eigenvalue weighted by Crippen LogP contribution is -2.43. The van der Waals surface area contributed by atoms with Crippen LogP contribution in [0.3, 0.4) is 0 Å². The first kappa shape index (κ1) is 23.2. The van der Waals surface area contributed by atoms with Gasteiger partial charge in [0.1, 0.15) is 0 Å². The number of anilines is 1. The number of rotatable bonds is 9. The molecule has 0 aliphatic carbocycles. The molecule has 0 unspecified atom stereocenters. The van der Waals surface area contributed by atoms with Gasteiger partial charge in [0, 0.05) is 18.3 Å². The third kappa shape index (κ3) is 5.51. The van der Waals surface area contributed by atoms with Crippen LogP contribution in [0.1, 0.15) is 37.3 Å². The lowest BCUT2D eigenvalue weighted by molar-refractivity contribution is 0.351. The van der Waals surface area contributed by atoms with E-state index in [2.05, 4.69) is 83.9 Å². The summed E-state index contributed by atoms with van der Waals surface area (Å²) < 4.78 is 11.3. The number of nitrogens with zero attached hydrogens (tertiary/aromatic N) is 1. The maximum Gasteiger partial charge on any atom is 0.163 e. The highest BCUT2D eigenvalue weighted by atomic mass is 16.5. The van der Waals surface area contributed by atoms with Crippen LogP contribution in [-0.2, 0) is 13.0 Å². The molecule has 174 valence electrons. The van der Waals surface area contributed by atoms with Crippen molar-refractivity contribution < 1.29 is 9.47 Å². The van der Waals surface area contributed by atoms with Crippen molar-refractivity contribution in [1.82, 2.24) is 5.32 Å². The van der Waals surface area contributed by atoms with E-state index in [1.165, 1.54) is 40.8 Å². The van der Waals surface area contributed by atoms with Crippen molar-refractivity contribution in [2.24, 2.45) is 0 Å². The van der Waals surface area contributed by atoms with E-state index < -0.39 is 0 Å². The monoisotopic (exact) mass is 444 g/mol. The Balaban J connectivity index is 1.66. The molecule has 0 spiro atoms. The van der Waals surface area contributed by atoms with E-state index >= 15 is 0 Å². The molecule has 4 heteroatoms. The summed E-state index contributed by atoms with van der Waals surface area (Å²) in [5.74, 6) is 1.64. The Morgan fingerprint density at radius 1 is 0.879 bits per heavy atom. The molecular weight excluding hydrogens is 408 g/mol. The Hall–Kier alpha value is -2.98. The van der Waals surface area contributed by atoms with Gasteiger partial charge in [0.05, 0.1) is 14.2 Å². The number of para-hydroxylation sites is 1. The lowest BCUT2D eigenvalue weighted by Gasteiger charge is -2.36. The molecule has 1 aliphatic heterocycles. The average Bonchev–Trinajstić information content (AvgIpc) is 2.88. The number of aryl methyl sites for hydroxylation is 1. The number of piperidine rings is 1. The van der Waals surface area contributed by atoms with Gasteiger partial charge in [-0.05, 0) is 84.9 Å². The predicted molar refractivity (Wildman–Crippen MR) is 137 cm³/mol. The van der Waals surface area contributed by atoms with Gasteiger partial charge in [-0.25, -0.2) is 0 Å². The molecule has 4 nitrogen and oxygen atoms in total. The van der Waals surface area contributed by atoms with E-state index in [1.807, 2.05) is 0 Å². The van der Waals surface area contributed by atoms with Crippen LogP contribution in [0.2, 0.25) is 0 Å². The fourth-order valence-electron chi connectivity index (χ4n) is 4.88. The molecule has 1 N–H and O–H groups in total. The Morgan fingerprint density at radius 2 is 1.67 bits per heavy atom. The van der Waals surface area contributed by atoms with Gasteiger partial charge in [0.2, 0.25) is 0 Å². The molecule has 0 saturated carbocycles. The molecule has 33 heavy (non-hydrogen) atoms. The minimum atomic E-state index is 0.551. The maximum absolute atomic E-state index is 5.68. The third-order valence-electron chi connectivity index (χ3n) is 6.53. The van der Waals surface area contributed by atoms with Gasteiger partial charge < -0.3 is 19.7 Å². The summed E-state index contributed by atoms with van der Waals surface area (Å²) in [6, 6.07) is 24.7. The smallest absolute Gasteiger partial charge is 0.163 e. The van der Waals surface area contributed by atoms with Gasteiger partial charge in [-0.3, -0.25) is 0 Å². The van der Waals surface area contributed by atoms with Gasteiger partial charge in [-0.1, -0.05) is 49.7 Å². The molecule has 0 bridgehead atoms. The van der Waals surface area contributed by atoms with Crippen molar-refractivity contribution in [3.05, 3.63) is 77.9 Å². The molecule has 1 aliphatic rings. The van der Waals surface area contributed by atoms with E-state index in [0.29, 0.717) is 6.04 Å². The van der Waals surface area contributed by atoms with Gasteiger partial charge in [0.25, 0.3) is 0 Å². The molecule has 0 amide bonds. The van der Waals surface area contributed by atoms with Gasteiger partial charge in [-0.15, -0.1) is 0 Å². The first-order valence-electron chi connectivity index (χ1n) is 12.1. The fourth-order valence-corrected chi connectivity index (χ4v) is 4.88. The molecule has 0 radical (unpaired) electrons. The van der Waals surface area contributed by atoms with Gasteiger partial charge >= 0.3 is 0 Å². The second kappa shape index (κ2) is 11.2. The number of nitrogens with one attached hydrogen (secondary N) is 1. The summed E-state index contributed by atoms with van der Waals surface area (Å²) in [6.07, 6.45) is 4.37. The van der Waals surface area contributed by atoms with Crippen molar-refractivity contribution in [1.29, 1.82) is 0 Å². The minimum absolute atomic E-state index is 0.551. The quantitative estimate of drug-likeness (QED) is 0.433. The Bertz CT molecular complexity index is 1030. The third-order valence-corrected chi connectivity index (χ3v) is 6.53. The first-order valence-corrected chi connectivity index (χ1v) is 12.1. The zero-order valence-corrected chi connectivity index (χ0v) is 20.1. The van der Waals surface area contributed by atoms with Crippen LogP contribution in [0.15, 0.2) is 66.7 Å². The number of ether oxygens (including phenoxy) is 2. The number of hydrogen-bond acceptors (Lipinski definition) is 4. The zero-order valence-electron chi connectivity index (χ0n) is 20.1. The second-order valence-electron chi connectivity index (χ2n) is 8.77. The molecule has 1 heterocycles. The number of benzene rings is 3. The highest BCUT2D eigenvalue weighted by Gasteiger charge is 2.22. The first-order chi connectivity index (χ1) is 16.2. The van der Waals surface area contributed by atoms with E-state index in [-0.39, 0.29) is 0 Å². The highest BCUT2D eigenvalue weighted by Crippen LogP contribution is 2.37. The summed E-state index contributed by atoms with van der Waals surface area (Å²) >= 11 is 0. The molecule has 3 aromatic carbocycles. The summed E-state index contributed by atoms with van der Waals surface area (Å²) in [4.78, 5) is 2.58. The Labute approximate surface area is 198 Å². The Morgan fingerprint density at radius 3 is 2.36 bits per heavy atom. The van der Waals surface area contributed by atoms with Gasteiger partial charge in [0.15, 0.2) is 11.5 Å². The van der Waals surface area contributed by atoms with E-state index in [0.717, 1.165) is 44.0 Å². The van der Waals surface area contributed by atoms with E-state index in [1.54, 1.807) is 14.2 Å². The molecule has 1 fully saturated rings. The maximum atomic E-state index is 5.68. The van der Waals surface area contributed by atoms with Crippen LogP contribution in [0.4, 0.5) is 5.69 Å². The van der Waals surface area contributed by atoms with Crippen molar-refractivity contribution in [3.8, 4) is 22.6 Å². The van der Waals surface area contributed by atoms with Crippen LogP contribution >= 0.6 is 0 Å². The van der Waals surface area contributed by atoms with E-state index in [4.69, 9.17) is 9.47 Å². The van der Waals surface area contributed by atoms with E-state index in [9.17, 15) is 0 Å². The molecular formula is C29H36N2O2. The topological polar surface area (TPSA) is 33.7 Å². The van der Waals surface area contributed by atoms with Crippen molar-refractivity contribution >= 4 is 5.69 Å². The molecule has 0 atom stereocenters. The molecule has 1 saturated heterocycles. The molecule has 3 aromatic rings. The molecule has 4 rings (SSSR count). The summed E-state index contributed by atoms with van der Waals surface area (Å²) in [5, 5.41) is 3.50. The summed E-state index contributed by atoms with van der Waals surface area (Å²) in [5.41, 5.74) is 6.20. The number of methoxy groups -OCH3 is 2. The average molecular weight is 445 g/mol. The minimum Gasteiger partial charge on any atom is -0.493 e. The normalized spacial score (nSPS) is 14.2. The zero-order chi connectivity index (χ0) is 23.0. The second-order valence-corrected chi connectivity index (χ2v) is 8.77. The fraction of sp³-hybridized carbons (Fsp3) is 0.379. The van der Waals surface area contributed by atoms with Gasteiger partial charge in [-0.2, -0.15) is 0 Å². The van der Waals surface area contributed by atoms with Crippen molar-refractivity contribution in [3.63, 3.8) is 0 Å². The van der Waals surface area contributed by atoms with Crippen LogP contribution in [0.25, 0.3) is 11.1 Å². The standard InChI is InChI=1S/C29H36N2O2/c1-4-9-24-19-25(20-28(32-2)29(24)33-3)23-11-8-10-22(18-23)21-31(26-12-6-5-7-13-26)27-14-16-30-17-15-27/h5-8,10-13,18-20,27,30H,4,9,14-17,21H2,1-3H3. The largest absolute Gasteiger partial charge is 0.493 e. The Kier molecular flexibility index (Phi) is 7.90. The van der Waals surface area contributed by atoms with Crippen LogP contribution in [0, 0.1) is 0 Å². The predicted octanol–water partition coefficient (Wildman–Crippen LogP) is 6.08. The highest BCUT2D eigenvalue weighted by molar-refractivity contribution is 5.70. The summed E-state index contributed by atoms with van der Waals surface area (Å²) in [6.45, 7) is 5.26. The molecule has 0 aromatic heterocycles. The van der Waals surface area contributed by atoms with Crippen LogP contribution < -0.4 is 19.7 Å². The SMILES string of the molecule is CCCc1cc(-c2cccc(CN(c3ccccc3)C3CCNCC3)c2)cc(OC)c1OC. The lowest BCUT2D eigenvalue weighted by atomic mass is 9.97. The van der Waals surface area contributed by atoms with Crippen molar-refractivity contribution in [2.75, 3.05) is 32.2 Å². The summed E-state index contributed by atoms with van der Waals surface area (Å²) in [7, 11) is 3.43. The van der Waals surface area contributed by atoms with Crippen LogP contribution in [-0.4, -0.2) is 33.4 Å². The number of hydrogen-bond donors (Lipinski definition) is 1.